The lowest BCUT2D eigenvalue weighted by atomic mass is 9.68. The molecule has 0 aromatic heterocycles. The predicted molar refractivity (Wildman–Crippen MR) is 210 cm³/mol. The van der Waals surface area contributed by atoms with Crippen LogP contribution in [0.2, 0.25) is 0 Å². The number of allylic oxidation sites excluding steroid dienone is 4. The Labute approximate surface area is 315 Å². The highest BCUT2D eigenvalue weighted by molar-refractivity contribution is 9.10. The fourth-order valence-electron chi connectivity index (χ4n) is 8.59. The van der Waals surface area contributed by atoms with Gasteiger partial charge in [0.25, 0.3) is 0 Å². The molecule has 266 valence electrons. The quantitative estimate of drug-likeness (QED) is 0.245. The monoisotopic (exact) mass is 802 g/mol. The first kappa shape index (κ1) is 36.1. The summed E-state index contributed by atoms with van der Waals surface area (Å²) in [6.07, 6.45) is 13.3. The topological polar surface area (TPSA) is 52.6 Å². The van der Waals surface area contributed by atoms with Crippen LogP contribution in [0.1, 0.15) is 106 Å². The summed E-state index contributed by atoms with van der Waals surface area (Å²) in [5.74, 6) is 0.606. The zero-order chi connectivity index (χ0) is 36.7. The van der Waals surface area contributed by atoms with Crippen molar-refractivity contribution in [1.82, 2.24) is 0 Å². The lowest BCUT2D eigenvalue weighted by Crippen LogP contribution is -2.55. The van der Waals surface area contributed by atoms with E-state index in [2.05, 4.69) is 157 Å². The number of carbonyl (C=O) groups excluding carboxylic acids is 2. The van der Waals surface area contributed by atoms with Gasteiger partial charge < -0.3 is 9.47 Å². The summed E-state index contributed by atoms with van der Waals surface area (Å²) < 4.78 is 14.3. The van der Waals surface area contributed by atoms with Gasteiger partial charge in [0.2, 0.25) is 5.78 Å². The van der Waals surface area contributed by atoms with Crippen molar-refractivity contribution in [3.63, 3.8) is 0 Å². The fraction of sp³-hybridized carbons (Fsp3) is 0.545. The maximum Gasteiger partial charge on any atom is 0.208 e. The van der Waals surface area contributed by atoms with E-state index < -0.39 is 11.2 Å². The first-order chi connectivity index (χ1) is 22.9. The van der Waals surface area contributed by atoms with Crippen molar-refractivity contribution in [2.24, 2.45) is 22.2 Å². The first-order valence-corrected chi connectivity index (χ1v) is 19.9. The lowest BCUT2D eigenvalue weighted by Gasteiger charge is -2.43. The molecule has 2 unspecified atom stereocenters. The molecule has 4 nitrogen and oxygen atoms in total. The average Bonchev–Trinajstić information content (AvgIpc) is 3.56. The molecule has 0 saturated carbocycles. The van der Waals surface area contributed by atoms with Gasteiger partial charge in [0.1, 0.15) is 11.4 Å². The normalized spacial score (nSPS) is 33.3. The van der Waals surface area contributed by atoms with Gasteiger partial charge in [-0.1, -0.05) is 145 Å². The summed E-state index contributed by atoms with van der Waals surface area (Å²) in [5.41, 5.74) is 5.49. The van der Waals surface area contributed by atoms with Crippen molar-refractivity contribution < 1.29 is 19.1 Å². The SMILES string of the molecule is CC(C)(C)C1=CC2C[C@]34OC2C(=C1)C=C1C=C(C(C)(C)C)[C@@H](Br)[C@]2(Cc5cc(C(C)(C)C)cc(c5O2)/C=C(\C=C(C(C)(C)C)[C@@H]3Br)C4=O)C1=O. The van der Waals surface area contributed by atoms with Crippen LogP contribution in [0.4, 0.5) is 0 Å². The van der Waals surface area contributed by atoms with Crippen LogP contribution in [0.5, 0.6) is 5.75 Å². The summed E-state index contributed by atoms with van der Waals surface area (Å²) in [6.45, 7) is 26.5. The highest BCUT2D eigenvalue weighted by atomic mass is 79.9. The van der Waals surface area contributed by atoms with Crippen LogP contribution < -0.4 is 4.74 Å². The molecule has 6 atom stereocenters. The van der Waals surface area contributed by atoms with E-state index in [4.69, 9.17) is 9.47 Å². The number of rotatable bonds is 0. The molecule has 2 spiro atoms. The maximum atomic E-state index is 15.1. The van der Waals surface area contributed by atoms with Crippen LogP contribution in [-0.4, -0.2) is 38.5 Å². The number of ketones is 2. The zero-order valence-corrected chi connectivity index (χ0v) is 34.9. The van der Waals surface area contributed by atoms with Crippen molar-refractivity contribution in [2.75, 3.05) is 0 Å². The third kappa shape index (κ3) is 5.43. The molecule has 0 amide bonds. The van der Waals surface area contributed by atoms with Gasteiger partial charge in [-0.3, -0.25) is 9.59 Å². The fourth-order valence-corrected chi connectivity index (χ4v) is 11.2. The molecule has 7 rings (SSSR count). The maximum absolute atomic E-state index is 15.1. The number of fused-ring (bicyclic) bond motifs is 2. The van der Waals surface area contributed by atoms with E-state index in [1.165, 1.54) is 5.57 Å². The minimum atomic E-state index is -1.18. The van der Waals surface area contributed by atoms with Crippen LogP contribution in [0.15, 0.2) is 76.0 Å². The summed E-state index contributed by atoms with van der Waals surface area (Å²) in [4.78, 5) is 29.6. The molecular formula is C44H52Br2O4. The van der Waals surface area contributed by atoms with Crippen LogP contribution in [0, 0.1) is 22.2 Å². The number of halogens is 2. The largest absolute Gasteiger partial charge is 0.476 e. The molecule has 3 aliphatic carbocycles. The molecule has 6 aliphatic rings. The summed E-state index contributed by atoms with van der Waals surface area (Å²) in [5, 5.41) is 0. The van der Waals surface area contributed by atoms with Crippen LogP contribution >= 0.6 is 31.9 Å². The Morgan fingerprint density at radius 2 is 1.24 bits per heavy atom. The molecule has 1 aromatic rings. The molecule has 3 heterocycles. The van der Waals surface area contributed by atoms with Gasteiger partial charge in [-0.05, 0) is 79.7 Å². The first-order valence-electron chi connectivity index (χ1n) is 18.1. The second-order valence-electron chi connectivity index (χ2n) is 19.6. The Bertz CT molecular complexity index is 1920. The summed E-state index contributed by atoms with van der Waals surface area (Å²) in [6, 6.07) is 4.37. The Balaban J connectivity index is 1.59. The molecule has 3 aliphatic heterocycles. The standard InChI is InChI=1S/C44H52Br2O4/c1-39(2,3)29-15-23-13-25-19-31(41(7,8)9)36(46)44(37(25)47)22-28-18-30(40(4,5)6)16-24(34(28)50-44)14-26-20-32(42(10,11)12)35(45)43(38(26)48)21-27(17-29)33(23)49-43/h13-20,27,33,35-36H,21-22H2,1-12H3/b25-13?,26-14+/t27?,33?,35-,36+,43-,44+/m0/s1. The number of carbonyl (C=O) groups is 2. The lowest BCUT2D eigenvalue weighted by molar-refractivity contribution is -0.137. The Hall–Kier alpha value is -2.28. The van der Waals surface area contributed by atoms with Crippen LogP contribution in [0.3, 0.4) is 0 Å². The van der Waals surface area contributed by atoms with Crippen LogP contribution in [-0.2, 0) is 26.2 Å². The van der Waals surface area contributed by atoms with Gasteiger partial charge in [-0.25, -0.2) is 0 Å². The third-order valence-corrected chi connectivity index (χ3v) is 14.1. The van der Waals surface area contributed by atoms with E-state index in [0.717, 1.165) is 33.4 Å². The molecule has 1 fully saturated rings. The molecule has 0 N–H and O–H groups in total. The van der Waals surface area contributed by atoms with Gasteiger partial charge in [0.15, 0.2) is 11.4 Å². The minimum Gasteiger partial charge on any atom is -0.476 e. The second kappa shape index (κ2) is 11.1. The van der Waals surface area contributed by atoms with Crippen molar-refractivity contribution in [1.29, 1.82) is 0 Å². The number of hydrogen-bond donors (Lipinski definition) is 0. The van der Waals surface area contributed by atoms with Gasteiger partial charge >= 0.3 is 0 Å². The van der Waals surface area contributed by atoms with Crippen molar-refractivity contribution >= 4 is 49.5 Å². The number of benzene rings is 1. The number of ether oxygens (including phenoxy) is 2. The second-order valence-corrected chi connectivity index (χ2v) is 21.4. The van der Waals surface area contributed by atoms with E-state index in [1.807, 2.05) is 6.08 Å². The van der Waals surface area contributed by atoms with Gasteiger partial charge in [-0.2, -0.15) is 0 Å². The Kier molecular flexibility index (Phi) is 8.03. The number of hydrogen-bond acceptors (Lipinski definition) is 4. The third-order valence-electron chi connectivity index (χ3n) is 11.6. The van der Waals surface area contributed by atoms with Crippen LogP contribution in [0.25, 0.3) is 6.08 Å². The summed E-state index contributed by atoms with van der Waals surface area (Å²) in [7, 11) is 0. The Morgan fingerprint density at radius 3 is 1.80 bits per heavy atom. The van der Waals surface area contributed by atoms with E-state index in [1.54, 1.807) is 0 Å². The molecular weight excluding hydrogens is 752 g/mol. The van der Waals surface area contributed by atoms with Gasteiger partial charge in [-0.15, -0.1) is 0 Å². The van der Waals surface area contributed by atoms with Crippen molar-refractivity contribution in [3.05, 3.63) is 92.6 Å². The highest BCUT2D eigenvalue weighted by Gasteiger charge is 2.61. The van der Waals surface area contributed by atoms with E-state index >= 15 is 9.59 Å². The van der Waals surface area contributed by atoms with Gasteiger partial charge in [0, 0.05) is 29.0 Å². The number of Topliss-reactive ketones (excluding diaryl/α,β-unsaturated/α-hetero) is 2. The molecule has 50 heavy (non-hydrogen) atoms. The molecule has 1 saturated heterocycles. The Morgan fingerprint density at radius 1 is 0.680 bits per heavy atom. The van der Waals surface area contributed by atoms with Gasteiger partial charge in [0.05, 0.1) is 15.8 Å². The minimum absolute atomic E-state index is 0.0104. The van der Waals surface area contributed by atoms with E-state index in [0.29, 0.717) is 29.7 Å². The highest BCUT2D eigenvalue weighted by Crippen LogP contribution is 2.57. The smallest absolute Gasteiger partial charge is 0.208 e. The molecule has 6 heteroatoms. The van der Waals surface area contributed by atoms with E-state index in [-0.39, 0.29) is 54.9 Å². The average molecular weight is 805 g/mol. The number of alkyl halides is 2. The zero-order valence-electron chi connectivity index (χ0n) is 31.7. The molecule has 1 aromatic carbocycles. The van der Waals surface area contributed by atoms with Crippen molar-refractivity contribution in [2.45, 2.75) is 128 Å². The summed E-state index contributed by atoms with van der Waals surface area (Å²) >= 11 is 8.12. The molecule has 6 bridgehead atoms. The van der Waals surface area contributed by atoms with E-state index in [9.17, 15) is 0 Å². The molecule has 0 radical (unpaired) electrons. The van der Waals surface area contributed by atoms with Crippen molar-refractivity contribution in [3.8, 4) is 5.75 Å². The predicted octanol–water partition coefficient (Wildman–Crippen LogP) is 10.7.